The van der Waals surface area contributed by atoms with Gasteiger partial charge >= 0.3 is 0 Å². The quantitative estimate of drug-likeness (QED) is 0.664. The van der Waals surface area contributed by atoms with Gasteiger partial charge < -0.3 is 10.2 Å². The van der Waals surface area contributed by atoms with Gasteiger partial charge in [-0.05, 0) is 30.5 Å². The molecule has 0 aliphatic rings. The van der Waals surface area contributed by atoms with E-state index in [1.54, 1.807) is 6.20 Å². The highest BCUT2D eigenvalue weighted by Gasteiger charge is 2.10. The highest BCUT2D eigenvalue weighted by atomic mass is 16.1. The summed E-state index contributed by atoms with van der Waals surface area (Å²) in [6.45, 7) is 0.612. The van der Waals surface area contributed by atoms with Crippen LogP contribution in [0.5, 0.6) is 0 Å². The number of hydrogen-bond acceptors (Lipinski definition) is 4. The molecule has 0 bridgehead atoms. The summed E-state index contributed by atoms with van der Waals surface area (Å²) in [5.41, 5.74) is 2.62. The van der Waals surface area contributed by atoms with Gasteiger partial charge in [0.25, 0.3) is 5.91 Å². The standard InChI is InChI=1S/C21H22N4O/c1-25(18-12-6-3-7-13-18)20-16-23-19(15-24-20)21(26)22-14-8-11-17-9-4-2-5-10-17/h2-7,9-10,12-13,15-16H,8,11,14H2,1H3,(H,22,26). The van der Waals surface area contributed by atoms with Crippen molar-refractivity contribution in [1.29, 1.82) is 0 Å². The number of nitrogens with zero attached hydrogens (tertiary/aromatic N) is 3. The number of nitrogens with one attached hydrogen (secondary N) is 1. The van der Waals surface area contributed by atoms with Gasteiger partial charge in [-0.15, -0.1) is 0 Å². The molecular weight excluding hydrogens is 324 g/mol. The Balaban J connectivity index is 1.50. The molecule has 0 saturated heterocycles. The normalized spacial score (nSPS) is 10.3. The third-order valence-electron chi connectivity index (χ3n) is 4.13. The molecule has 0 spiro atoms. The molecule has 2 aromatic carbocycles. The zero-order valence-corrected chi connectivity index (χ0v) is 14.8. The molecule has 1 amide bonds. The zero-order valence-electron chi connectivity index (χ0n) is 14.8. The van der Waals surface area contributed by atoms with Crippen LogP contribution in [0.1, 0.15) is 22.5 Å². The molecule has 26 heavy (non-hydrogen) atoms. The van der Waals surface area contributed by atoms with E-state index < -0.39 is 0 Å². The number of para-hydroxylation sites is 1. The Morgan fingerprint density at radius 2 is 1.65 bits per heavy atom. The molecule has 0 unspecified atom stereocenters. The van der Waals surface area contributed by atoms with Gasteiger partial charge in [-0.3, -0.25) is 4.79 Å². The van der Waals surface area contributed by atoms with Crippen molar-refractivity contribution in [3.63, 3.8) is 0 Å². The molecule has 5 heteroatoms. The van der Waals surface area contributed by atoms with Gasteiger partial charge in [-0.2, -0.15) is 0 Å². The zero-order chi connectivity index (χ0) is 18.2. The number of benzene rings is 2. The molecule has 0 fully saturated rings. The van der Waals surface area contributed by atoms with Crippen LogP contribution in [0.15, 0.2) is 73.1 Å². The third kappa shape index (κ3) is 4.66. The second-order valence-electron chi connectivity index (χ2n) is 6.00. The first-order chi connectivity index (χ1) is 12.7. The highest BCUT2D eigenvalue weighted by molar-refractivity contribution is 5.92. The summed E-state index contributed by atoms with van der Waals surface area (Å²) < 4.78 is 0. The first kappa shape index (κ1) is 17.6. The van der Waals surface area contributed by atoms with Gasteiger partial charge in [0.2, 0.25) is 0 Å². The maximum Gasteiger partial charge on any atom is 0.271 e. The smallest absolute Gasteiger partial charge is 0.271 e. The maximum absolute atomic E-state index is 12.2. The van der Waals surface area contributed by atoms with Crippen LogP contribution >= 0.6 is 0 Å². The van der Waals surface area contributed by atoms with Crippen LogP contribution in [0.25, 0.3) is 0 Å². The minimum Gasteiger partial charge on any atom is -0.351 e. The van der Waals surface area contributed by atoms with E-state index in [1.807, 2.05) is 60.5 Å². The molecule has 0 saturated carbocycles. The van der Waals surface area contributed by atoms with Crippen molar-refractivity contribution in [3.05, 3.63) is 84.3 Å². The lowest BCUT2D eigenvalue weighted by atomic mass is 10.1. The Morgan fingerprint density at radius 3 is 2.31 bits per heavy atom. The second kappa shape index (κ2) is 8.76. The fourth-order valence-corrected chi connectivity index (χ4v) is 2.63. The molecule has 5 nitrogen and oxygen atoms in total. The number of aryl methyl sites for hydroxylation is 1. The summed E-state index contributed by atoms with van der Waals surface area (Å²) in [5.74, 6) is 0.497. The van der Waals surface area contributed by atoms with Crippen LogP contribution in [0.4, 0.5) is 11.5 Å². The minimum atomic E-state index is -0.195. The summed E-state index contributed by atoms with van der Waals surface area (Å²) in [6, 6.07) is 20.1. The largest absolute Gasteiger partial charge is 0.351 e. The second-order valence-corrected chi connectivity index (χ2v) is 6.00. The minimum absolute atomic E-state index is 0.195. The number of hydrogen-bond donors (Lipinski definition) is 1. The van der Waals surface area contributed by atoms with E-state index in [-0.39, 0.29) is 5.91 Å². The molecule has 132 valence electrons. The number of anilines is 2. The lowest BCUT2D eigenvalue weighted by Crippen LogP contribution is -2.26. The van der Waals surface area contributed by atoms with Gasteiger partial charge in [-0.1, -0.05) is 48.5 Å². The fraction of sp³-hybridized carbons (Fsp3) is 0.190. The molecule has 1 aromatic heterocycles. The summed E-state index contributed by atoms with van der Waals surface area (Å²) in [7, 11) is 1.92. The molecule has 3 rings (SSSR count). The molecule has 0 radical (unpaired) electrons. The molecule has 0 aliphatic carbocycles. The highest BCUT2D eigenvalue weighted by Crippen LogP contribution is 2.19. The number of carbonyl (C=O) groups is 1. The van der Waals surface area contributed by atoms with Crippen molar-refractivity contribution in [1.82, 2.24) is 15.3 Å². The van der Waals surface area contributed by atoms with E-state index in [4.69, 9.17) is 0 Å². The van der Waals surface area contributed by atoms with Crippen LogP contribution in [0, 0.1) is 0 Å². The van der Waals surface area contributed by atoms with Gasteiger partial charge in [-0.25, -0.2) is 9.97 Å². The van der Waals surface area contributed by atoms with Crippen LogP contribution < -0.4 is 10.2 Å². The van der Waals surface area contributed by atoms with E-state index in [0.29, 0.717) is 18.1 Å². The number of amides is 1. The Bertz CT molecular complexity index is 820. The van der Waals surface area contributed by atoms with Gasteiger partial charge in [0, 0.05) is 19.3 Å². The SMILES string of the molecule is CN(c1ccccc1)c1cnc(C(=O)NCCCc2ccccc2)cn1. The van der Waals surface area contributed by atoms with Gasteiger partial charge in [0.1, 0.15) is 5.69 Å². The predicted molar refractivity (Wildman–Crippen MR) is 104 cm³/mol. The Kier molecular flexibility index (Phi) is 5.93. The molecule has 3 aromatic rings. The number of aromatic nitrogens is 2. The summed E-state index contributed by atoms with van der Waals surface area (Å²) in [5, 5.41) is 2.89. The monoisotopic (exact) mass is 346 g/mol. The van der Waals surface area contributed by atoms with E-state index in [9.17, 15) is 4.79 Å². The Morgan fingerprint density at radius 1 is 0.962 bits per heavy atom. The van der Waals surface area contributed by atoms with E-state index in [0.717, 1.165) is 18.5 Å². The van der Waals surface area contributed by atoms with Crippen molar-refractivity contribution < 1.29 is 4.79 Å². The Labute approximate surface area is 153 Å². The molecule has 0 atom stereocenters. The average molecular weight is 346 g/mol. The summed E-state index contributed by atoms with van der Waals surface area (Å²) in [4.78, 5) is 22.7. The van der Waals surface area contributed by atoms with Crippen LogP contribution in [-0.2, 0) is 6.42 Å². The fourth-order valence-electron chi connectivity index (χ4n) is 2.63. The van der Waals surface area contributed by atoms with Crippen LogP contribution in [0.2, 0.25) is 0 Å². The topological polar surface area (TPSA) is 58.1 Å². The number of carbonyl (C=O) groups excluding carboxylic acids is 1. The van der Waals surface area contributed by atoms with Crippen molar-refractivity contribution in [2.24, 2.45) is 0 Å². The summed E-state index contributed by atoms with van der Waals surface area (Å²) >= 11 is 0. The molecule has 1 heterocycles. The average Bonchev–Trinajstić information content (AvgIpc) is 2.72. The summed E-state index contributed by atoms with van der Waals surface area (Å²) in [6.07, 6.45) is 4.96. The van der Waals surface area contributed by atoms with Crippen molar-refractivity contribution in [2.75, 3.05) is 18.5 Å². The Hall–Kier alpha value is -3.21. The predicted octanol–water partition coefficient (Wildman–Crippen LogP) is 3.61. The molecule has 1 N–H and O–H groups in total. The lowest BCUT2D eigenvalue weighted by Gasteiger charge is -2.17. The molecular formula is C21H22N4O. The number of rotatable bonds is 7. The molecule has 0 aliphatic heterocycles. The van der Waals surface area contributed by atoms with Crippen LogP contribution in [0.3, 0.4) is 0 Å². The van der Waals surface area contributed by atoms with E-state index in [2.05, 4.69) is 27.4 Å². The first-order valence-electron chi connectivity index (χ1n) is 8.67. The van der Waals surface area contributed by atoms with Crippen LogP contribution in [-0.4, -0.2) is 29.5 Å². The van der Waals surface area contributed by atoms with E-state index >= 15 is 0 Å². The van der Waals surface area contributed by atoms with Crippen molar-refractivity contribution in [2.45, 2.75) is 12.8 Å². The third-order valence-corrected chi connectivity index (χ3v) is 4.13. The van der Waals surface area contributed by atoms with Crippen molar-refractivity contribution >= 4 is 17.4 Å². The first-order valence-corrected chi connectivity index (χ1v) is 8.67. The lowest BCUT2D eigenvalue weighted by molar-refractivity contribution is 0.0948. The van der Waals surface area contributed by atoms with Gasteiger partial charge in [0.05, 0.1) is 12.4 Å². The van der Waals surface area contributed by atoms with Crippen molar-refractivity contribution in [3.8, 4) is 0 Å². The van der Waals surface area contributed by atoms with E-state index in [1.165, 1.54) is 11.8 Å². The van der Waals surface area contributed by atoms with Gasteiger partial charge in [0.15, 0.2) is 5.82 Å². The maximum atomic E-state index is 12.2.